The van der Waals surface area contributed by atoms with Gasteiger partial charge in [-0.15, -0.1) is 0 Å². The Hall–Kier alpha value is -1.86. The Morgan fingerprint density at radius 1 is 1.24 bits per heavy atom. The van der Waals surface area contributed by atoms with Crippen molar-refractivity contribution in [1.82, 2.24) is 9.88 Å². The molecule has 138 valence electrons. The molecular weight excluding hydrogens is 320 g/mol. The van der Waals surface area contributed by atoms with E-state index in [4.69, 9.17) is 9.47 Å². The van der Waals surface area contributed by atoms with E-state index in [0.29, 0.717) is 25.7 Å². The molecule has 0 bridgehead atoms. The molecule has 7 heteroatoms. The average molecular weight is 348 g/mol. The Morgan fingerprint density at radius 2 is 2.00 bits per heavy atom. The summed E-state index contributed by atoms with van der Waals surface area (Å²) in [4.78, 5) is 21.2. The van der Waals surface area contributed by atoms with Gasteiger partial charge in [0.1, 0.15) is 5.82 Å². The third-order valence-corrected chi connectivity index (χ3v) is 4.57. The maximum atomic E-state index is 12.7. The Kier molecular flexibility index (Phi) is 6.09. The van der Waals surface area contributed by atoms with E-state index in [1.807, 2.05) is 17.0 Å². The fourth-order valence-corrected chi connectivity index (χ4v) is 3.30. The van der Waals surface area contributed by atoms with Gasteiger partial charge in [-0.05, 0) is 24.5 Å². The van der Waals surface area contributed by atoms with Gasteiger partial charge in [-0.2, -0.15) is 0 Å². The van der Waals surface area contributed by atoms with Crippen LogP contribution in [0.25, 0.3) is 0 Å². The summed E-state index contributed by atoms with van der Waals surface area (Å²) in [7, 11) is 0. The highest BCUT2D eigenvalue weighted by molar-refractivity contribution is 5.89. The molecule has 1 atom stereocenters. The van der Waals surface area contributed by atoms with Crippen LogP contribution in [0.5, 0.6) is 0 Å². The van der Waals surface area contributed by atoms with E-state index in [9.17, 15) is 4.79 Å². The Labute approximate surface area is 149 Å². The van der Waals surface area contributed by atoms with Crippen molar-refractivity contribution in [2.24, 2.45) is 5.92 Å². The Morgan fingerprint density at radius 3 is 2.68 bits per heavy atom. The van der Waals surface area contributed by atoms with Crippen LogP contribution >= 0.6 is 0 Å². The second kappa shape index (κ2) is 8.49. The molecule has 0 aromatic carbocycles. The SMILES string of the molecule is CC(C)CC1COCCN1C(=O)Nc1ccc(N2CCOCC2)nc1. The van der Waals surface area contributed by atoms with Crippen LogP contribution < -0.4 is 10.2 Å². The standard InChI is InChI=1S/C18H28N4O3/c1-14(2)11-16-13-25-10-7-22(16)18(23)20-15-3-4-17(19-12-15)21-5-8-24-9-6-21/h3-4,12,14,16H,5-11,13H2,1-2H3,(H,20,23). The van der Waals surface area contributed by atoms with E-state index in [2.05, 4.69) is 29.0 Å². The van der Waals surface area contributed by atoms with E-state index in [-0.39, 0.29) is 12.1 Å². The van der Waals surface area contributed by atoms with Crippen LogP contribution in [0.1, 0.15) is 20.3 Å². The number of carbonyl (C=O) groups excluding carboxylic acids is 1. The van der Waals surface area contributed by atoms with Gasteiger partial charge in [-0.3, -0.25) is 0 Å². The lowest BCUT2D eigenvalue weighted by molar-refractivity contribution is 0.00857. The second-order valence-electron chi connectivity index (χ2n) is 6.99. The quantitative estimate of drug-likeness (QED) is 0.903. The average Bonchev–Trinajstić information content (AvgIpc) is 2.63. The van der Waals surface area contributed by atoms with E-state index < -0.39 is 0 Å². The summed E-state index contributed by atoms with van der Waals surface area (Å²) < 4.78 is 10.9. The fourth-order valence-electron chi connectivity index (χ4n) is 3.30. The summed E-state index contributed by atoms with van der Waals surface area (Å²) in [5.74, 6) is 1.45. The van der Waals surface area contributed by atoms with E-state index in [1.165, 1.54) is 0 Å². The minimum Gasteiger partial charge on any atom is -0.378 e. The third kappa shape index (κ3) is 4.83. The molecule has 0 radical (unpaired) electrons. The molecule has 1 aromatic rings. The van der Waals surface area contributed by atoms with Gasteiger partial charge in [0, 0.05) is 19.6 Å². The molecule has 25 heavy (non-hydrogen) atoms. The largest absolute Gasteiger partial charge is 0.378 e. The molecule has 2 amide bonds. The molecule has 0 spiro atoms. The minimum atomic E-state index is -0.0742. The summed E-state index contributed by atoms with van der Waals surface area (Å²) in [6.07, 6.45) is 2.67. The first-order chi connectivity index (χ1) is 12.1. The molecule has 3 rings (SSSR count). The predicted molar refractivity (Wildman–Crippen MR) is 97.1 cm³/mol. The number of rotatable bonds is 4. The number of nitrogens with zero attached hydrogens (tertiary/aromatic N) is 3. The van der Waals surface area contributed by atoms with E-state index in [1.54, 1.807) is 6.20 Å². The van der Waals surface area contributed by atoms with Gasteiger partial charge in [0.15, 0.2) is 0 Å². The first kappa shape index (κ1) is 17.9. The van der Waals surface area contributed by atoms with Crippen LogP contribution in [0.3, 0.4) is 0 Å². The molecule has 0 saturated carbocycles. The number of morpholine rings is 2. The molecule has 1 aromatic heterocycles. The number of carbonyl (C=O) groups is 1. The van der Waals surface area contributed by atoms with Crippen molar-refractivity contribution in [2.45, 2.75) is 26.3 Å². The molecule has 1 N–H and O–H groups in total. The highest BCUT2D eigenvalue weighted by atomic mass is 16.5. The van der Waals surface area contributed by atoms with Crippen LogP contribution in [0.4, 0.5) is 16.3 Å². The zero-order chi connectivity index (χ0) is 17.6. The smallest absolute Gasteiger partial charge is 0.322 e. The van der Waals surface area contributed by atoms with Crippen molar-refractivity contribution in [3.63, 3.8) is 0 Å². The van der Waals surface area contributed by atoms with Crippen molar-refractivity contribution in [3.8, 4) is 0 Å². The zero-order valence-corrected chi connectivity index (χ0v) is 15.1. The summed E-state index contributed by atoms with van der Waals surface area (Å²) >= 11 is 0. The molecule has 2 aliphatic heterocycles. The van der Waals surface area contributed by atoms with Crippen LogP contribution in [0.2, 0.25) is 0 Å². The number of nitrogens with one attached hydrogen (secondary N) is 1. The van der Waals surface area contributed by atoms with Gasteiger partial charge in [0.2, 0.25) is 0 Å². The van der Waals surface area contributed by atoms with Crippen LogP contribution in [0, 0.1) is 5.92 Å². The molecule has 2 fully saturated rings. The van der Waals surface area contributed by atoms with Crippen LogP contribution in [0.15, 0.2) is 18.3 Å². The van der Waals surface area contributed by atoms with Crippen molar-refractivity contribution in [1.29, 1.82) is 0 Å². The highest BCUT2D eigenvalue weighted by Crippen LogP contribution is 2.19. The lowest BCUT2D eigenvalue weighted by atomic mass is 10.0. The summed E-state index contributed by atoms with van der Waals surface area (Å²) in [5, 5.41) is 2.97. The van der Waals surface area contributed by atoms with E-state index in [0.717, 1.165) is 44.2 Å². The number of aromatic nitrogens is 1. The van der Waals surface area contributed by atoms with Crippen molar-refractivity contribution < 1.29 is 14.3 Å². The second-order valence-corrected chi connectivity index (χ2v) is 6.99. The normalized spacial score (nSPS) is 21.5. The third-order valence-electron chi connectivity index (χ3n) is 4.57. The summed E-state index contributed by atoms with van der Waals surface area (Å²) in [5.41, 5.74) is 0.719. The van der Waals surface area contributed by atoms with Gasteiger partial charge < -0.3 is 24.6 Å². The first-order valence-corrected chi connectivity index (χ1v) is 9.07. The molecular formula is C18H28N4O3. The number of amides is 2. The van der Waals surface area contributed by atoms with Crippen molar-refractivity contribution >= 4 is 17.5 Å². The van der Waals surface area contributed by atoms with Gasteiger partial charge in [-0.1, -0.05) is 13.8 Å². The maximum absolute atomic E-state index is 12.7. The number of ether oxygens (including phenoxy) is 2. The number of hydrogen-bond donors (Lipinski definition) is 1. The lowest BCUT2D eigenvalue weighted by Gasteiger charge is -2.36. The molecule has 2 saturated heterocycles. The summed E-state index contributed by atoms with van der Waals surface area (Å²) in [6.45, 7) is 9.33. The molecule has 1 unspecified atom stereocenters. The van der Waals surface area contributed by atoms with Crippen molar-refractivity contribution in [3.05, 3.63) is 18.3 Å². The van der Waals surface area contributed by atoms with Gasteiger partial charge in [0.05, 0.1) is 44.4 Å². The maximum Gasteiger partial charge on any atom is 0.322 e. The molecule has 7 nitrogen and oxygen atoms in total. The van der Waals surface area contributed by atoms with Crippen LogP contribution in [-0.2, 0) is 9.47 Å². The summed E-state index contributed by atoms with van der Waals surface area (Å²) in [6, 6.07) is 3.92. The van der Waals surface area contributed by atoms with E-state index >= 15 is 0 Å². The fraction of sp³-hybridized carbons (Fsp3) is 0.667. The number of anilines is 2. The Bertz CT molecular complexity index is 558. The Balaban J connectivity index is 1.59. The number of urea groups is 1. The molecule has 3 heterocycles. The van der Waals surface area contributed by atoms with Gasteiger partial charge in [0.25, 0.3) is 0 Å². The highest BCUT2D eigenvalue weighted by Gasteiger charge is 2.28. The monoisotopic (exact) mass is 348 g/mol. The van der Waals surface area contributed by atoms with Crippen LogP contribution in [-0.4, -0.2) is 68.0 Å². The van der Waals surface area contributed by atoms with Gasteiger partial charge in [-0.25, -0.2) is 9.78 Å². The first-order valence-electron chi connectivity index (χ1n) is 9.07. The minimum absolute atomic E-state index is 0.0742. The molecule has 2 aliphatic rings. The van der Waals surface area contributed by atoms with Gasteiger partial charge >= 0.3 is 6.03 Å². The number of hydrogen-bond acceptors (Lipinski definition) is 5. The zero-order valence-electron chi connectivity index (χ0n) is 15.1. The number of pyridine rings is 1. The molecule has 0 aliphatic carbocycles. The lowest BCUT2D eigenvalue weighted by Crippen LogP contribution is -2.50. The van der Waals surface area contributed by atoms with Crippen molar-refractivity contribution in [2.75, 3.05) is 56.3 Å². The topological polar surface area (TPSA) is 66.9 Å². The predicted octanol–water partition coefficient (Wildman–Crippen LogP) is 2.20.